The second-order valence-corrected chi connectivity index (χ2v) is 4.28. The minimum atomic E-state index is -0.159. The van der Waals surface area contributed by atoms with E-state index in [1.54, 1.807) is 0 Å². The number of hydrogen-bond acceptors (Lipinski definition) is 3. The maximum Gasteiger partial charge on any atom is 0.0956 e. The fraction of sp³-hybridized carbons (Fsp3) is 1.00. The molecule has 1 aliphatic rings. The molecule has 0 aromatic rings. The fourth-order valence-corrected chi connectivity index (χ4v) is 1.62. The summed E-state index contributed by atoms with van der Waals surface area (Å²) in [6.45, 7) is 2.90. The summed E-state index contributed by atoms with van der Waals surface area (Å²) in [4.78, 5) is 0. The van der Waals surface area contributed by atoms with Gasteiger partial charge in [-0.25, -0.2) is 0 Å². The van der Waals surface area contributed by atoms with Gasteiger partial charge in [0, 0.05) is 12.6 Å². The van der Waals surface area contributed by atoms with Crippen LogP contribution in [0, 0.1) is 5.92 Å². The molecule has 3 heteroatoms. The van der Waals surface area contributed by atoms with Gasteiger partial charge in [-0.3, -0.25) is 0 Å². The second kappa shape index (κ2) is 6.38. The van der Waals surface area contributed by atoms with Crippen LogP contribution in [-0.2, 0) is 4.74 Å². The van der Waals surface area contributed by atoms with Crippen LogP contribution in [0.5, 0.6) is 0 Å². The predicted octanol–water partition coefficient (Wildman–Crippen LogP) is 1.29. The van der Waals surface area contributed by atoms with Crippen molar-refractivity contribution in [1.29, 1.82) is 0 Å². The van der Waals surface area contributed by atoms with E-state index in [0.717, 1.165) is 31.8 Å². The van der Waals surface area contributed by atoms with Gasteiger partial charge in [-0.15, -0.1) is 0 Å². The number of hydrogen-bond donors (Lipinski definition) is 2. The van der Waals surface area contributed by atoms with Crippen LogP contribution in [0.15, 0.2) is 0 Å². The van der Waals surface area contributed by atoms with E-state index in [4.69, 9.17) is 15.6 Å². The Morgan fingerprint density at radius 3 is 2.71 bits per heavy atom. The highest BCUT2D eigenvalue weighted by atomic mass is 16.5. The van der Waals surface area contributed by atoms with Crippen LogP contribution in [-0.4, -0.2) is 30.5 Å². The highest BCUT2D eigenvalue weighted by molar-refractivity contribution is 4.75. The van der Waals surface area contributed by atoms with Crippen LogP contribution in [0.1, 0.15) is 39.0 Å². The third-order valence-electron chi connectivity index (χ3n) is 2.83. The molecule has 0 aromatic carbocycles. The monoisotopic (exact) mass is 201 g/mol. The Balaban J connectivity index is 2.08. The van der Waals surface area contributed by atoms with E-state index in [1.807, 2.05) is 0 Å². The third-order valence-corrected chi connectivity index (χ3v) is 2.83. The molecule has 1 rings (SSSR count). The normalized spacial score (nSPS) is 20.8. The first kappa shape index (κ1) is 12.0. The van der Waals surface area contributed by atoms with Crippen molar-refractivity contribution in [3.63, 3.8) is 0 Å². The zero-order valence-electron chi connectivity index (χ0n) is 9.11. The van der Waals surface area contributed by atoms with Crippen molar-refractivity contribution in [3.8, 4) is 0 Å². The first-order valence-electron chi connectivity index (χ1n) is 5.76. The first-order valence-corrected chi connectivity index (χ1v) is 5.76. The number of nitrogens with two attached hydrogens (primary N) is 1. The lowest BCUT2D eigenvalue weighted by Gasteiger charge is -2.21. The smallest absolute Gasteiger partial charge is 0.0956 e. The Morgan fingerprint density at radius 1 is 1.50 bits per heavy atom. The lowest BCUT2D eigenvalue weighted by Crippen LogP contribution is -2.39. The van der Waals surface area contributed by atoms with Crippen LogP contribution in [0.2, 0.25) is 0 Å². The van der Waals surface area contributed by atoms with E-state index in [-0.39, 0.29) is 18.8 Å². The molecule has 3 N–H and O–H groups in total. The molecule has 0 spiro atoms. The quantitative estimate of drug-likeness (QED) is 0.622. The molecule has 0 aromatic heterocycles. The van der Waals surface area contributed by atoms with Crippen molar-refractivity contribution in [3.05, 3.63) is 0 Å². The van der Waals surface area contributed by atoms with Crippen LogP contribution in [0.4, 0.5) is 0 Å². The Morgan fingerprint density at radius 2 is 2.21 bits per heavy atom. The summed E-state index contributed by atoms with van der Waals surface area (Å²) in [5.74, 6) is 0.886. The topological polar surface area (TPSA) is 55.5 Å². The van der Waals surface area contributed by atoms with Crippen molar-refractivity contribution in [2.24, 2.45) is 11.7 Å². The van der Waals surface area contributed by atoms with Gasteiger partial charge in [0.1, 0.15) is 0 Å². The highest BCUT2D eigenvalue weighted by Crippen LogP contribution is 2.32. The van der Waals surface area contributed by atoms with Crippen molar-refractivity contribution in [2.75, 3.05) is 13.2 Å². The van der Waals surface area contributed by atoms with E-state index in [0.29, 0.717) is 0 Å². The van der Waals surface area contributed by atoms with E-state index < -0.39 is 0 Å². The summed E-state index contributed by atoms with van der Waals surface area (Å²) in [5.41, 5.74) is 5.89. The minimum Gasteiger partial charge on any atom is -0.394 e. The van der Waals surface area contributed by atoms with E-state index >= 15 is 0 Å². The number of rotatable bonds is 8. The summed E-state index contributed by atoms with van der Waals surface area (Å²) in [7, 11) is 0. The molecule has 1 aliphatic carbocycles. The Bertz CT molecular complexity index is 148. The molecule has 0 aliphatic heterocycles. The van der Waals surface area contributed by atoms with Gasteiger partial charge in [0.25, 0.3) is 0 Å². The minimum absolute atomic E-state index is 0.01000. The molecular weight excluding hydrogens is 178 g/mol. The van der Waals surface area contributed by atoms with E-state index in [2.05, 4.69) is 6.92 Å². The van der Waals surface area contributed by atoms with Crippen molar-refractivity contribution in [2.45, 2.75) is 51.2 Å². The van der Waals surface area contributed by atoms with Gasteiger partial charge in [-0.05, 0) is 18.8 Å². The second-order valence-electron chi connectivity index (χ2n) is 4.28. The summed E-state index contributed by atoms with van der Waals surface area (Å²) in [6, 6.07) is -0.01000. The van der Waals surface area contributed by atoms with Gasteiger partial charge in [-0.2, -0.15) is 0 Å². The molecule has 1 fully saturated rings. The summed E-state index contributed by atoms with van der Waals surface area (Å²) in [5, 5.41) is 9.10. The van der Waals surface area contributed by atoms with Crippen LogP contribution < -0.4 is 5.73 Å². The van der Waals surface area contributed by atoms with Gasteiger partial charge in [-0.1, -0.05) is 26.2 Å². The van der Waals surface area contributed by atoms with Gasteiger partial charge >= 0.3 is 0 Å². The molecule has 0 heterocycles. The van der Waals surface area contributed by atoms with Crippen molar-refractivity contribution >= 4 is 0 Å². The first-order chi connectivity index (χ1) is 6.77. The van der Waals surface area contributed by atoms with E-state index in [1.165, 1.54) is 12.8 Å². The van der Waals surface area contributed by atoms with Crippen LogP contribution in [0.3, 0.4) is 0 Å². The van der Waals surface area contributed by atoms with Crippen molar-refractivity contribution < 1.29 is 9.84 Å². The summed E-state index contributed by atoms with van der Waals surface area (Å²) < 4.78 is 5.58. The maximum absolute atomic E-state index is 9.10. The van der Waals surface area contributed by atoms with Gasteiger partial charge in [0.2, 0.25) is 0 Å². The number of aliphatic hydroxyl groups excluding tert-OH is 1. The third kappa shape index (κ3) is 4.40. The molecule has 3 nitrogen and oxygen atoms in total. The molecule has 0 bridgehead atoms. The average molecular weight is 201 g/mol. The SMILES string of the molecule is CCCC(N)C(CO)OCCC1CC1. The maximum atomic E-state index is 9.10. The highest BCUT2D eigenvalue weighted by Gasteiger charge is 2.22. The zero-order chi connectivity index (χ0) is 10.4. The molecule has 0 amide bonds. The molecule has 0 saturated heterocycles. The van der Waals surface area contributed by atoms with Gasteiger partial charge in [0.05, 0.1) is 12.7 Å². The molecule has 1 saturated carbocycles. The molecular formula is C11H23NO2. The van der Waals surface area contributed by atoms with E-state index in [9.17, 15) is 0 Å². The zero-order valence-corrected chi connectivity index (χ0v) is 9.11. The van der Waals surface area contributed by atoms with Crippen LogP contribution in [0.25, 0.3) is 0 Å². The Hall–Kier alpha value is -0.120. The standard InChI is InChI=1S/C11H23NO2/c1-2-3-10(12)11(8-13)14-7-6-9-4-5-9/h9-11,13H,2-8,12H2,1H3. The lowest BCUT2D eigenvalue weighted by molar-refractivity contribution is -0.00632. The molecule has 2 unspecified atom stereocenters. The van der Waals surface area contributed by atoms with Gasteiger partial charge < -0.3 is 15.6 Å². The summed E-state index contributed by atoms with van der Waals surface area (Å²) in [6.07, 6.45) is 5.66. The number of ether oxygens (including phenoxy) is 1. The predicted molar refractivity (Wildman–Crippen MR) is 57.1 cm³/mol. The molecule has 84 valence electrons. The Kier molecular flexibility index (Phi) is 5.45. The summed E-state index contributed by atoms with van der Waals surface area (Å²) >= 11 is 0. The molecule has 0 radical (unpaired) electrons. The van der Waals surface area contributed by atoms with Crippen molar-refractivity contribution in [1.82, 2.24) is 0 Å². The van der Waals surface area contributed by atoms with Crippen LogP contribution >= 0.6 is 0 Å². The lowest BCUT2D eigenvalue weighted by atomic mass is 10.1. The fourth-order valence-electron chi connectivity index (χ4n) is 1.62. The molecule has 2 atom stereocenters. The Labute approximate surface area is 86.6 Å². The van der Waals surface area contributed by atoms with Gasteiger partial charge in [0.15, 0.2) is 0 Å². The average Bonchev–Trinajstić information content (AvgIpc) is 2.96. The molecule has 14 heavy (non-hydrogen) atoms. The number of aliphatic hydroxyl groups is 1. The largest absolute Gasteiger partial charge is 0.394 e.